The zero-order valence-electron chi connectivity index (χ0n) is 10.4. The molecule has 1 aliphatic rings. The van der Waals surface area contributed by atoms with Gasteiger partial charge in [-0.15, -0.1) is 0 Å². The normalized spacial score (nSPS) is 26.0. The van der Waals surface area contributed by atoms with Gasteiger partial charge < -0.3 is 9.47 Å². The van der Waals surface area contributed by atoms with Crippen molar-refractivity contribution < 1.29 is 19.1 Å². The number of hydrogen-bond donors (Lipinski definition) is 0. The summed E-state index contributed by atoms with van der Waals surface area (Å²) in [6.07, 6.45) is 1.66. The summed E-state index contributed by atoms with van der Waals surface area (Å²) in [5.41, 5.74) is -1.55. The molecular weight excluding hydrogens is 222 g/mol. The summed E-state index contributed by atoms with van der Waals surface area (Å²) >= 11 is 0. The maximum atomic E-state index is 11.8. The molecule has 0 aliphatic heterocycles. The molecule has 1 unspecified atom stereocenters. The van der Waals surface area contributed by atoms with Gasteiger partial charge in [0.15, 0.2) is 5.41 Å². The van der Waals surface area contributed by atoms with Gasteiger partial charge in [-0.05, 0) is 24.7 Å². The van der Waals surface area contributed by atoms with E-state index < -0.39 is 17.4 Å². The molecule has 1 rings (SSSR count). The Morgan fingerprint density at radius 2 is 1.76 bits per heavy atom. The van der Waals surface area contributed by atoms with Crippen molar-refractivity contribution in [1.82, 2.24) is 0 Å². The van der Waals surface area contributed by atoms with Crippen LogP contribution in [0, 0.1) is 22.2 Å². The van der Waals surface area contributed by atoms with Crippen molar-refractivity contribution in [2.75, 3.05) is 14.2 Å². The van der Waals surface area contributed by atoms with Gasteiger partial charge in [0.2, 0.25) is 0 Å². The quantitative estimate of drug-likeness (QED) is 0.550. The van der Waals surface area contributed by atoms with Gasteiger partial charge in [-0.1, -0.05) is 6.92 Å². The van der Waals surface area contributed by atoms with Gasteiger partial charge in [0.1, 0.15) is 0 Å². The minimum atomic E-state index is -1.23. The second-order valence-electron chi connectivity index (χ2n) is 4.89. The third-order valence-electron chi connectivity index (χ3n) is 3.54. The van der Waals surface area contributed by atoms with Crippen molar-refractivity contribution in [2.24, 2.45) is 10.8 Å². The zero-order valence-corrected chi connectivity index (χ0v) is 10.4. The van der Waals surface area contributed by atoms with Crippen LogP contribution in [0.3, 0.4) is 0 Å². The van der Waals surface area contributed by atoms with Gasteiger partial charge in [-0.3, -0.25) is 9.59 Å². The summed E-state index contributed by atoms with van der Waals surface area (Å²) < 4.78 is 9.42. The third-order valence-corrected chi connectivity index (χ3v) is 3.54. The number of hydrogen-bond acceptors (Lipinski definition) is 5. The number of nitrogens with zero attached hydrogens (tertiary/aromatic N) is 1. The Morgan fingerprint density at radius 3 is 2.18 bits per heavy atom. The van der Waals surface area contributed by atoms with E-state index in [4.69, 9.17) is 14.7 Å². The van der Waals surface area contributed by atoms with Crippen molar-refractivity contribution in [1.29, 1.82) is 5.26 Å². The predicted octanol–water partition coefficient (Wildman–Crippen LogP) is 1.42. The van der Waals surface area contributed by atoms with Crippen molar-refractivity contribution >= 4 is 11.9 Å². The average Bonchev–Trinajstić information content (AvgIpc) is 2.67. The molecule has 1 atom stereocenters. The van der Waals surface area contributed by atoms with Crippen molar-refractivity contribution in [3.05, 3.63) is 0 Å². The highest BCUT2D eigenvalue weighted by Crippen LogP contribution is 2.52. The topological polar surface area (TPSA) is 76.4 Å². The van der Waals surface area contributed by atoms with Gasteiger partial charge in [0, 0.05) is 6.42 Å². The zero-order chi connectivity index (χ0) is 13.1. The number of carbonyl (C=O) groups excluding carboxylic acids is 2. The Kier molecular flexibility index (Phi) is 3.76. The molecule has 0 heterocycles. The highest BCUT2D eigenvalue weighted by molar-refractivity contribution is 6.00. The monoisotopic (exact) mass is 239 g/mol. The molecule has 0 bridgehead atoms. The van der Waals surface area contributed by atoms with E-state index in [2.05, 4.69) is 6.07 Å². The lowest BCUT2D eigenvalue weighted by molar-refractivity contribution is -0.169. The van der Waals surface area contributed by atoms with Crippen LogP contribution in [0.4, 0.5) is 0 Å². The number of methoxy groups -OCH3 is 2. The molecule has 0 amide bonds. The van der Waals surface area contributed by atoms with Gasteiger partial charge in [0.05, 0.1) is 20.3 Å². The highest BCUT2D eigenvalue weighted by Gasteiger charge is 2.57. The van der Waals surface area contributed by atoms with E-state index in [0.29, 0.717) is 25.7 Å². The lowest BCUT2D eigenvalue weighted by Crippen LogP contribution is -2.39. The number of esters is 2. The largest absolute Gasteiger partial charge is 0.468 e. The maximum absolute atomic E-state index is 11.8. The smallest absolute Gasteiger partial charge is 0.323 e. The molecule has 1 aliphatic carbocycles. The van der Waals surface area contributed by atoms with E-state index >= 15 is 0 Å². The first-order valence-corrected chi connectivity index (χ1v) is 5.48. The molecule has 1 saturated carbocycles. The van der Waals surface area contributed by atoms with Crippen LogP contribution in [0.15, 0.2) is 0 Å². The van der Waals surface area contributed by atoms with Gasteiger partial charge >= 0.3 is 11.9 Å². The first kappa shape index (κ1) is 13.5. The predicted molar refractivity (Wildman–Crippen MR) is 58.7 cm³/mol. The molecule has 0 saturated heterocycles. The fourth-order valence-electron chi connectivity index (χ4n) is 2.58. The van der Waals surface area contributed by atoms with Crippen molar-refractivity contribution in [2.45, 2.75) is 32.6 Å². The second-order valence-corrected chi connectivity index (χ2v) is 4.89. The fraction of sp³-hybridized carbons (Fsp3) is 0.750. The molecular formula is C12H17NO4. The number of rotatable bonds is 3. The highest BCUT2D eigenvalue weighted by atomic mass is 16.5. The third kappa shape index (κ3) is 2.26. The van der Waals surface area contributed by atoms with E-state index in [9.17, 15) is 9.59 Å². The first-order valence-electron chi connectivity index (χ1n) is 5.48. The standard InChI is InChI=1S/C12H17NO4/c1-11(6-7-13)4-5-12(8-11,9(14)16-2)10(15)17-3/h4-6,8H2,1-3H3. The molecule has 94 valence electrons. The van der Waals surface area contributed by atoms with E-state index in [1.165, 1.54) is 14.2 Å². The van der Waals surface area contributed by atoms with Crippen LogP contribution in [0.25, 0.3) is 0 Å². The van der Waals surface area contributed by atoms with E-state index in [0.717, 1.165) is 0 Å². The van der Waals surface area contributed by atoms with Crippen LogP contribution in [-0.4, -0.2) is 26.2 Å². The SMILES string of the molecule is COC(=O)C1(C(=O)OC)CCC(C)(CC#N)C1. The van der Waals surface area contributed by atoms with Crippen molar-refractivity contribution in [3.8, 4) is 6.07 Å². The maximum Gasteiger partial charge on any atom is 0.323 e. The lowest BCUT2D eigenvalue weighted by atomic mass is 9.79. The minimum absolute atomic E-state index is 0.312. The summed E-state index contributed by atoms with van der Waals surface area (Å²) in [6, 6.07) is 2.10. The van der Waals surface area contributed by atoms with Gasteiger partial charge in [-0.25, -0.2) is 0 Å². The molecule has 0 spiro atoms. The van der Waals surface area contributed by atoms with E-state index in [1.54, 1.807) is 0 Å². The summed E-state index contributed by atoms with van der Waals surface area (Å²) in [7, 11) is 2.51. The second kappa shape index (κ2) is 4.74. The number of ether oxygens (including phenoxy) is 2. The lowest BCUT2D eigenvalue weighted by Gasteiger charge is -2.26. The molecule has 0 aromatic carbocycles. The van der Waals surface area contributed by atoms with Crippen LogP contribution < -0.4 is 0 Å². The summed E-state index contributed by atoms with van der Waals surface area (Å²) in [5.74, 6) is -1.13. The Bertz CT molecular complexity index is 355. The molecule has 0 N–H and O–H groups in total. The average molecular weight is 239 g/mol. The molecule has 17 heavy (non-hydrogen) atoms. The summed E-state index contributed by atoms with van der Waals surface area (Å²) in [4.78, 5) is 23.6. The Labute approximate surface area is 101 Å². The Balaban J connectivity index is 3.02. The molecule has 5 heteroatoms. The Hall–Kier alpha value is -1.57. The number of nitriles is 1. The molecule has 0 aromatic heterocycles. The van der Waals surface area contributed by atoms with Gasteiger partial charge in [0.25, 0.3) is 0 Å². The van der Waals surface area contributed by atoms with Gasteiger partial charge in [-0.2, -0.15) is 5.26 Å². The van der Waals surface area contributed by atoms with Crippen LogP contribution in [-0.2, 0) is 19.1 Å². The van der Waals surface area contributed by atoms with Crippen molar-refractivity contribution in [3.63, 3.8) is 0 Å². The van der Waals surface area contributed by atoms with Crippen LogP contribution in [0.5, 0.6) is 0 Å². The minimum Gasteiger partial charge on any atom is -0.468 e. The Morgan fingerprint density at radius 1 is 1.24 bits per heavy atom. The first-order chi connectivity index (χ1) is 7.94. The molecule has 5 nitrogen and oxygen atoms in total. The molecule has 1 fully saturated rings. The van der Waals surface area contributed by atoms with Crippen LogP contribution in [0.2, 0.25) is 0 Å². The van der Waals surface area contributed by atoms with Crippen LogP contribution in [0.1, 0.15) is 32.6 Å². The van der Waals surface area contributed by atoms with E-state index in [1.807, 2.05) is 6.92 Å². The summed E-state index contributed by atoms with van der Waals surface area (Å²) in [6.45, 7) is 1.91. The molecule has 0 aromatic rings. The fourth-order valence-corrected chi connectivity index (χ4v) is 2.58. The van der Waals surface area contributed by atoms with E-state index in [-0.39, 0.29) is 5.41 Å². The number of carbonyl (C=O) groups is 2. The molecule has 0 radical (unpaired) electrons. The summed E-state index contributed by atoms with van der Waals surface area (Å²) in [5, 5.41) is 8.77. The van der Waals surface area contributed by atoms with Crippen LogP contribution >= 0.6 is 0 Å².